The molecule has 34 heavy (non-hydrogen) atoms. The molecule has 0 aliphatic carbocycles. The molecule has 0 aromatic heterocycles. The number of nitrogens with one attached hydrogen (secondary N) is 1. The smallest absolute Gasteiger partial charge is 0.264 e. The van der Waals surface area contributed by atoms with E-state index in [1.54, 1.807) is 53.4 Å². The average Bonchev–Trinajstić information content (AvgIpc) is 2.88. The molecule has 0 spiro atoms. The molecule has 0 atom stereocenters. The van der Waals surface area contributed by atoms with Crippen LogP contribution >= 0.6 is 0 Å². The van der Waals surface area contributed by atoms with Crippen LogP contribution in [0.3, 0.4) is 0 Å². The van der Waals surface area contributed by atoms with Gasteiger partial charge in [-0.25, -0.2) is 12.8 Å². The lowest BCUT2D eigenvalue weighted by molar-refractivity contribution is -0.129. The molecule has 7 nitrogen and oxygen atoms in total. The quantitative estimate of drug-likeness (QED) is 0.559. The number of hydrogen-bond acceptors (Lipinski definition) is 5. The van der Waals surface area contributed by atoms with Gasteiger partial charge in [-0.05, 0) is 54.6 Å². The lowest BCUT2D eigenvalue weighted by Crippen LogP contribution is -2.50. The minimum atomic E-state index is -3.74. The molecule has 0 bridgehead atoms. The standard InChI is InChI=1S/C25H27FN4O3S/c1-28(22-7-3-2-4-8-22)34(32,33)24-9-5-6-21(18-24)27-19-25(31)30-16-14-29(15-17-30)23-12-10-20(26)11-13-23/h2-13,18,27H,14-17,19H2,1H3. The number of halogens is 1. The van der Waals surface area contributed by atoms with Gasteiger partial charge in [0, 0.05) is 44.6 Å². The van der Waals surface area contributed by atoms with Crippen LogP contribution in [0.4, 0.5) is 21.5 Å². The molecule has 4 rings (SSSR count). The second-order valence-electron chi connectivity index (χ2n) is 8.03. The van der Waals surface area contributed by atoms with Crippen LogP contribution in [0.25, 0.3) is 0 Å². The molecule has 0 radical (unpaired) electrons. The van der Waals surface area contributed by atoms with Crippen LogP contribution in [0.15, 0.2) is 83.8 Å². The van der Waals surface area contributed by atoms with Gasteiger partial charge in [0.15, 0.2) is 0 Å². The summed E-state index contributed by atoms with van der Waals surface area (Å²) >= 11 is 0. The van der Waals surface area contributed by atoms with E-state index >= 15 is 0 Å². The number of anilines is 3. The van der Waals surface area contributed by atoms with E-state index in [-0.39, 0.29) is 23.2 Å². The van der Waals surface area contributed by atoms with Gasteiger partial charge in [0.05, 0.1) is 17.1 Å². The summed E-state index contributed by atoms with van der Waals surface area (Å²) in [6.45, 7) is 2.52. The van der Waals surface area contributed by atoms with Crippen LogP contribution in [0.2, 0.25) is 0 Å². The molecule has 1 saturated heterocycles. The Morgan fingerprint density at radius 1 is 0.941 bits per heavy atom. The monoisotopic (exact) mass is 482 g/mol. The van der Waals surface area contributed by atoms with Crippen molar-refractivity contribution in [1.29, 1.82) is 0 Å². The second kappa shape index (κ2) is 10.1. The van der Waals surface area contributed by atoms with Gasteiger partial charge >= 0.3 is 0 Å². The van der Waals surface area contributed by atoms with Gasteiger partial charge in [0.1, 0.15) is 5.82 Å². The second-order valence-corrected chi connectivity index (χ2v) is 10.0. The first-order valence-corrected chi connectivity index (χ1v) is 12.4. The lowest BCUT2D eigenvalue weighted by Gasteiger charge is -2.36. The maximum atomic E-state index is 13.1. The van der Waals surface area contributed by atoms with E-state index in [0.29, 0.717) is 37.6 Å². The van der Waals surface area contributed by atoms with Crippen molar-refractivity contribution in [1.82, 2.24) is 4.90 Å². The van der Waals surface area contributed by atoms with Crippen molar-refractivity contribution in [3.05, 3.63) is 84.7 Å². The highest BCUT2D eigenvalue weighted by atomic mass is 32.2. The third kappa shape index (κ3) is 5.31. The molecule has 1 N–H and O–H groups in total. The van der Waals surface area contributed by atoms with Gasteiger partial charge in [0.25, 0.3) is 10.0 Å². The van der Waals surface area contributed by atoms with Gasteiger partial charge in [-0.2, -0.15) is 0 Å². The highest BCUT2D eigenvalue weighted by molar-refractivity contribution is 7.92. The number of piperazine rings is 1. The topological polar surface area (TPSA) is 73.0 Å². The van der Waals surface area contributed by atoms with Crippen LogP contribution < -0.4 is 14.5 Å². The van der Waals surface area contributed by atoms with Crippen LogP contribution in [-0.2, 0) is 14.8 Å². The van der Waals surface area contributed by atoms with Gasteiger partial charge in [-0.1, -0.05) is 24.3 Å². The van der Waals surface area contributed by atoms with Gasteiger partial charge in [-0.15, -0.1) is 0 Å². The average molecular weight is 483 g/mol. The number of nitrogens with zero attached hydrogens (tertiary/aromatic N) is 3. The molecule has 1 aliphatic rings. The van der Waals surface area contributed by atoms with Crippen molar-refractivity contribution < 1.29 is 17.6 Å². The number of carbonyl (C=O) groups excluding carboxylic acids is 1. The molecule has 1 amide bonds. The zero-order valence-corrected chi connectivity index (χ0v) is 19.7. The normalized spacial score (nSPS) is 14.1. The summed E-state index contributed by atoms with van der Waals surface area (Å²) in [5, 5.41) is 3.05. The molecule has 3 aromatic rings. The molecule has 3 aromatic carbocycles. The Hall–Kier alpha value is -3.59. The van der Waals surface area contributed by atoms with Crippen LogP contribution in [0, 0.1) is 5.82 Å². The zero-order chi connectivity index (χ0) is 24.1. The lowest BCUT2D eigenvalue weighted by atomic mass is 10.2. The number of hydrogen-bond donors (Lipinski definition) is 1. The first-order valence-electron chi connectivity index (χ1n) is 11.0. The molecule has 0 unspecified atom stereocenters. The number of amides is 1. The van der Waals surface area contributed by atoms with Crippen LogP contribution in [-0.4, -0.2) is 59.0 Å². The molecule has 9 heteroatoms. The van der Waals surface area contributed by atoms with Crippen molar-refractivity contribution in [3.8, 4) is 0 Å². The highest BCUT2D eigenvalue weighted by Gasteiger charge is 2.23. The predicted molar refractivity (Wildman–Crippen MR) is 132 cm³/mol. The number of carbonyl (C=O) groups is 1. The first-order chi connectivity index (χ1) is 16.3. The summed E-state index contributed by atoms with van der Waals surface area (Å²) in [5.74, 6) is -0.333. The zero-order valence-electron chi connectivity index (χ0n) is 18.9. The summed E-state index contributed by atoms with van der Waals surface area (Å²) in [4.78, 5) is 16.7. The number of sulfonamides is 1. The van der Waals surface area contributed by atoms with E-state index in [0.717, 1.165) is 5.69 Å². The fourth-order valence-corrected chi connectivity index (χ4v) is 5.10. The van der Waals surface area contributed by atoms with E-state index in [1.807, 2.05) is 6.07 Å². The Labute approximate surface area is 199 Å². The Morgan fingerprint density at radius 3 is 2.29 bits per heavy atom. The Bertz CT molecular complexity index is 1230. The van der Waals surface area contributed by atoms with Crippen molar-refractivity contribution >= 4 is 33.0 Å². The van der Waals surface area contributed by atoms with Gasteiger partial charge < -0.3 is 15.1 Å². The van der Waals surface area contributed by atoms with Gasteiger partial charge in [-0.3, -0.25) is 9.10 Å². The fraction of sp³-hybridized carbons (Fsp3) is 0.240. The summed E-state index contributed by atoms with van der Waals surface area (Å²) in [6, 6.07) is 21.7. The van der Waals surface area contributed by atoms with E-state index < -0.39 is 10.0 Å². The molecule has 1 fully saturated rings. The van der Waals surface area contributed by atoms with Gasteiger partial charge in [0.2, 0.25) is 5.91 Å². The number of benzene rings is 3. The summed E-state index contributed by atoms with van der Waals surface area (Å²) in [7, 11) is -2.23. The van der Waals surface area contributed by atoms with Crippen LogP contribution in [0.5, 0.6) is 0 Å². The van der Waals surface area contributed by atoms with E-state index in [1.165, 1.54) is 35.6 Å². The van der Waals surface area contributed by atoms with E-state index in [9.17, 15) is 17.6 Å². The van der Waals surface area contributed by atoms with Crippen molar-refractivity contribution in [2.24, 2.45) is 0 Å². The SMILES string of the molecule is CN(c1ccccc1)S(=O)(=O)c1cccc(NCC(=O)N2CCN(c3ccc(F)cc3)CC2)c1. The maximum Gasteiger partial charge on any atom is 0.264 e. The van der Waals surface area contributed by atoms with Crippen LogP contribution in [0.1, 0.15) is 0 Å². The van der Waals surface area contributed by atoms with Crippen molar-refractivity contribution in [3.63, 3.8) is 0 Å². The molecule has 178 valence electrons. The molecular formula is C25H27FN4O3S. The Kier molecular flexibility index (Phi) is 7.02. The van der Waals surface area contributed by atoms with Crippen molar-refractivity contribution in [2.45, 2.75) is 4.90 Å². The third-order valence-corrected chi connectivity index (χ3v) is 7.66. The van der Waals surface area contributed by atoms with E-state index in [4.69, 9.17) is 0 Å². The number of rotatable bonds is 7. The highest BCUT2D eigenvalue weighted by Crippen LogP contribution is 2.24. The molecule has 1 aliphatic heterocycles. The summed E-state index contributed by atoms with van der Waals surface area (Å²) < 4.78 is 40.4. The Morgan fingerprint density at radius 2 is 1.62 bits per heavy atom. The van der Waals surface area contributed by atoms with E-state index in [2.05, 4.69) is 10.2 Å². The summed E-state index contributed by atoms with van der Waals surface area (Å²) in [6.07, 6.45) is 0. The predicted octanol–water partition coefficient (Wildman–Crippen LogP) is 3.41. The molecular weight excluding hydrogens is 455 g/mol. The minimum absolute atomic E-state index is 0.0616. The summed E-state index contributed by atoms with van der Waals surface area (Å²) in [5.41, 5.74) is 2.06. The molecule has 1 heterocycles. The largest absolute Gasteiger partial charge is 0.376 e. The fourth-order valence-electron chi connectivity index (χ4n) is 3.86. The van der Waals surface area contributed by atoms with Crippen molar-refractivity contribution in [2.75, 3.05) is 54.3 Å². The molecule has 0 saturated carbocycles. The number of para-hydroxylation sites is 1. The Balaban J connectivity index is 1.34. The first kappa shape index (κ1) is 23.6. The minimum Gasteiger partial charge on any atom is -0.376 e. The third-order valence-electron chi connectivity index (χ3n) is 5.88. The maximum absolute atomic E-state index is 13.1.